The SMILES string of the molecule is CCN1CC(=S)NC(c2ccc(OC)cc2)(c2ccc(F)c(Br)c2)C1=O. The fraction of sp³-hybridized carbons (Fsp3) is 0.263. The van der Waals surface area contributed by atoms with Crippen molar-refractivity contribution in [1.29, 1.82) is 0 Å². The van der Waals surface area contributed by atoms with Crippen molar-refractivity contribution in [3.8, 4) is 5.75 Å². The minimum absolute atomic E-state index is 0.128. The highest BCUT2D eigenvalue weighted by Gasteiger charge is 2.48. The maximum atomic E-state index is 13.8. The van der Waals surface area contributed by atoms with Crippen LogP contribution in [0.4, 0.5) is 4.39 Å². The monoisotopic (exact) mass is 436 g/mol. The van der Waals surface area contributed by atoms with E-state index < -0.39 is 11.4 Å². The van der Waals surface area contributed by atoms with Crippen LogP contribution in [0, 0.1) is 5.82 Å². The van der Waals surface area contributed by atoms with Crippen molar-refractivity contribution in [2.75, 3.05) is 20.2 Å². The zero-order chi connectivity index (χ0) is 18.9. The minimum atomic E-state index is -1.21. The normalized spacial score (nSPS) is 20.1. The van der Waals surface area contributed by atoms with Gasteiger partial charge in [0.2, 0.25) is 0 Å². The van der Waals surface area contributed by atoms with Crippen molar-refractivity contribution in [2.45, 2.75) is 12.5 Å². The summed E-state index contributed by atoms with van der Waals surface area (Å²) in [4.78, 5) is 15.7. The van der Waals surface area contributed by atoms with Crippen LogP contribution in [0.5, 0.6) is 5.75 Å². The summed E-state index contributed by atoms with van der Waals surface area (Å²) in [7, 11) is 1.58. The third kappa shape index (κ3) is 3.10. The molecule has 1 N–H and O–H groups in total. The minimum Gasteiger partial charge on any atom is -0.497 e. The van der Waals surface area contributed by atoms with Crippen molar-refractivity contribution in [2.24, 2.45) is 0 Å². The first-order chi connectivity index (χ1) is 12.4. The van der Waals surface area contributed by atoms with E-state index >= 15 is 0 Å². The largest absolute Gasteiger partial charge is 0.497 e. The maximum Gasteiger partial charge on any atom is 0.258 e. The fourth-order valence-electron chi connectivity index (χ4n) is 3.17. The molecule has 136 valence electrons. The number of amides is 1. The smallest absolute Gasteiger partial charge is 0.258 e. The van der Waals surface area contributed by atoms with Crippen LogP contribution in [-0.2, 0) is 10.3 Å². The van der Waals surface area contributed by atoms with Gasteiger partial charge in [-0.1, -0.05) is 30.4 Å². The molecule has 0 aromatic heterocycles. The topological polar surface area (TPSA) is 41.6 Å². The number of nitrogens with one attached hydrogen (secondary N) is 1. The summed E-state index contributed by atoms with van der Waals surface area (Å²) < 4.78 is 19.3. The Hall–Kier alpha value is -1.99. The lowest BCUT2D eigenvalue weighted by atomic mass is 9.80. The van der Waals surface area contributed by atoms with E-state index in [9.17, 15) is 9.18 Å². The molecule has 2 aromatic carbocycles. The fourth-order valence-corrected chi connectivity index (χ4v) is 3.86. The third-order valence-corrected chi connectivity index (χ3v) is 5.37. The maximum absolute atomic E-state index is 13.8. The summed E-state index contributed by atoms with van der Waals surface area (Å²) in [6.45, 7) is 2.80. The summed E-state index contributed by atoms with van der Waals surface area (Å²) in [5.74, 6) is 0.163. The van der Waals surface area contributed by atoms with Crippen LogP contribution in [0.25, 0.3) is 0 Å². The van der Waals surface area contributed by atoms with E-state index in [0.29, 0.717) is 35.0 Å². The van der Waals surface area contributed by atoms with Gasteiger partial charge in [-0.15, -0.1) is 0 Å². The predicted octanol–water partition coefficient (Wildman–Crippen LogP) is 3.62. The number of benzene rings is 2. The zero-order valence-electron chi connectivity index (χ0n) is 14.4. The molecule has 1 aliphatic heterocycles. The number of nitrogens with zero attached hydrogens (tertiary/aromatic N) is 1. The Morgan fingerprint density at radius 1 is 1.27 bits per heavy atom. The number of ether oxygens (including phenoxy) is 1. The first-order valence-corrected chi connectivity index (χ1v) is 9.33. The number of methoxy groups -OCH3 is 1. The number of piperazine rings is 1. The number of rotatable bonds is 4. The molecule has 1 atom stereocenters. The molecule has 2 aromatic rings. The molecule has 1 saturated heterocycles. The van der Waals surface area contributed by atoms with Gasteiger partial charge in [-0.2, -0.15) is 0 Å². The van der Waals surface area contributed by atoms with E-state index in [4.69, 9.17) is 17.0 Å². The zero-order valence-corrected chi connectivity index (χ0v) is 16.8. The van der Waals surface area contributed by atoms with Crippen LogP contribution in [0.2, 0.25) is 0 Å². The van der Waals surface area contributed by atoms with Gasteiger partial charge in [-0.05, 0) is 58.2 Å². The van der Waals surface area contributed by atoms with Gasteiger partial charge in [0.15, 0.2) is 5.54 Å². The Labute approximate surface area is 165 Å². The standard InChI is InChI=1S/C19H18BrFN2O2S/c1-3-23-11-17(26)22-19(18(23)24,12-4-7-14(25-2)8-5-12)13-6-9-16(21)15(20)10-13/h4-10H,3,11H2,1-2H3,(H,22,26). The molecule has 0 saturated carbocycles. The van der Waals surface area contributed by atoms with Gasteiger partial charge in [0.05, 0.1) is 23.1 Å². The Balaban J connectivity index is 2.24. The Morgan fingerprint density at radius 2 is 1.92 bits per heavy atom. The molecular weight excluding hydrogens is 419 g/mol. The molecule has 1 unspecified atom stereocenters. The number of likely N-dealkylation sites (N-methyl/N-ethyl adjacent to an activating group) is 1. The van der Waals surface area contributed by atoms with Crippen LogP contribution < -0.4 is 10.1 Å². The number of halogens is 2. The van der Waals surface area contributed by atoms with Crippen LogP contribution in [-0.4, -0.2) is 36.0 Å². The van der Waals surface area contributed by atoms with E-state index in [2.05, 4.69) is 21.2 Å². The van der Waals surface area contributed by atoms with Crippen LogP contribution in [0.1, 0.15) is 18.1 Å². The molecule has 26 heavy (non-hydrogen) atoms. The molecule has 0 radical (unpaired) electrons. The van der Waals surface area contributed by atoms with Gasteiger partial charge in [-0.3, -0.25) is 4.79 Å². The lowest BCUT2D eigenvalue weighted by molar-refractivity contribution is -0.136. The molecule has 7 heteroatoms. The number of hydrogen-bond donors (Lipinski definition) is 1. The molecule has 1 fully saturated rings. The summed E-state index contributed by atoms with van der Waals surface area (Å²) in [6.07, 6.45) is 0. The number of carbonyl (C=O) groups excluding carboxylic acids is 1. The molecule has 0 bridgehead atoms. The Morgan fingerprint density at radius 3 is 2.50 bits per heavy atom. The van der Waals surface area contributed by atoms with Crippen molar-refractivity contribution in [3.05, 3.63) is 63.9 Å². The second-order valence-corrected chi connectivity index (χ2v) is 7.32. The average Bonchev–Trinajstić information content (AvgIpc) is 2.65. The lowest BCUT2D eigenvalue weighted by Crippen LogP contribution is -2.64. The highest BCUT2D eigenvalue weighted by Crippen LogP contribution is 2.36. The van der Waals surface area contributed by atoms with Crippen molar-refractivity contribution < 1.29 is 13.9 Å². The second kappa shape index (κ2) is 7.32. The molecule has 4 nitrogen and oxygen atoms in total. The summed E-state index contributed by atoms with van der Waals surface area (Å²) in [6, 6.07) is 11.8. The first kappa shape index (κ1) is 18.8. The first-order valence-electron chi connectivity index (χ1n) is 8.12. The summed E-state index contributed by atoms with van der Waals surface area (Å²) in [5.41, 5.74) is 0.108. The molecular formula is C19H18BrFN2O2S. The summed E-state index contributed by atoms with van der Waals surface area (Å²) >= 11 is 8.66. The summed E-state index contributed by atoms with van der Waals surface area (Å²) in [5, 5.41) is 3.22. The van der Waals surface area contributed by atoms with Gasteiger partial charge in [0, 0.05) is 6.54 Å². The third-order valence-electron chi connectivity index (χ3n) is 4.53. The average molecular weight is 437 g/mol. The van der Waals surface area contributed by atoms with Crippen LogP contribution in [0.3, 0.4) is 0 Å². The molecule has 0 spiro atoms. The Bertz CT molecular complexity index is 859. The van der Waals surface area contributed by atoms with E-state index in [0.717, 1.165) is 0 Å². The van der Waals surface area contributed by atoms with Gasteiger partial charge >= 0.3 is 0 Å². The van der Waals surface area contributed by atoms with Crippen molar-refractivity contribution in [3.63, 3.8) is 0 Å². The van der Waals surface area contributed by atoms with E-state index in [1.807, 2.05) is 19.1 Å². The van der Waals surface area contributed by atoms with Gasteiger partial charge < -0.3 is 15.0 Å². The molecule has 0 aliphatic carbocycles. The van der Waals surface area contributed by atoms with Gasteiger partial charge in [0.25, 0.3) is 5.91 Å². The van der Waals surface area contributed by atoms with Crippen LogP contribution >= 0.6 is 28.1 Å². The molecule has 3 rings (SSSR count). The van der Waals surface area contributed by atoms with E-state index in [1.165, 1.54) is 6.07 Å². The molecule has 1 aliphatic rings. The van der Waals surface area contributed by atoms with E-state index in [-0.39, 0.29) is 10.4 Å². The Kier molecular flexibility index (Phi) is 5.29. The number of thiocarbonyl (C=S) groups is 1. The van der Waals surface area contributed by atoms with Gasteiger partial charge in [-0.25, -0.2) is 4.39 Å². The molecule has 1 amide bonds. The van der Waals surface area contributed by atoms with E-state index in [1.54, 1.807) is 36.3 Å². The van der Waals surface area contributed by atoms with Crippen molar-refractivity contribution >= 4 is 39.0 Å². The molecule has 1 heterocycles. The highest BCUT2D eigenvalue weighted by molar-refractivity contribution is 9.10. The quantitative estimate of drug-likeness (QED) is 0.743. The lowest BCUT2D eigenvalue weighted by Gasteiger charge is -2.43. The van der Waals surface area contributed by atoms with Gasteiger partial charge in [0.1, 0.15) is 11.6 Å². The highest BCUT2D eigenvalue weighted by atomic mass is 79.9. The number of carbonyl (C=O) groups is 1. The predicted molar refractivity (Wildman–Crippen MR) is 106 cm³/mol. The van der Waals surface area contributed by atoms with Crippen molar-refractivity contribution in [1.82, 2.24) is 10.2 Å². The second-order valence-electron chi connectivity index (χ2n) is 5.97. The van der Waals surface area contributed by atoms with Crippen LogP contribution in [0.15, 0.2) is 46.9 Å². The number of hydrogen-bond acceptors (Lipinski definition) is 3.